The van der Waals surface area contributed by atoms with E-state index in [9.17, 15) is 10.4 Å². The van der Waals surface area contributed by atoms with E-state index in [1.807, 2.05) is 23.9 Å². The smallest absolute Gasteiger partial charge is 0.256 e. The van der Waals surface area contributed by atoms with Gasteiger partial charge in [0.1, 0.15) is 23.6 Å². The van der Waals surface area contributed by atoms with Gasteiger partial charge in [0, 0.05) is 24.4 Å². The summed E-state index contributed by atoms with van der Waals surface area (Å²) in [6.07, 6.45) is 14.5. The van der Waals surface area contributed by atoms with Gasteiger partial charge in [-0.1, -0.05) is 25.3 Å². The number of benzene rings is 1. The minimum Gasteiger partial charge on any atom is -0.487 e. The predicted molar refractivity (Wildman–Crippen MR) is 152 cm³/mol. The Morgan fingerprint density at radius 3 is 2.73 bits per heavy atom. The number of aromatic nitrogens is 4. The van der Waals surface area contributed by atoms with Gasteiger partial charge in [0.2, 0.25) is 5.95 Å². The Morgan fingerprint density at radius 1 is 1.25 bits per heavy atom. The lowest BCUT2D eigenvalue weighted by molar-refractivity contribution is 0.116. The van der Waals surface area contributed by atoms with E-state index in [4.69, 9.17) is 20.3 Å². The highest BCUT2D eigenvalue weighted by Gasteiger charge is 2.40. The van der Waals surface area contributed by atoms with Crippen molar-refractivity contribution in [1.29, 1.82) is 5.26 Å². The maximum Gasteiger partial charge on any atom is 0.256 e. The average Bonchev–Trinajstić information content (AvgIpc) is 3.58. The Balaban J connectivity index is 1.31. The lowest BCUT2D eigenvalue weighted by atomic mass is 9.96. The number of hydrogen-bond donors (Lipinski definition) is 3. The Kier molecular flexibility index (Phi) is 8.45. The van der Waals surface area contributed by atoms with Crippen LogP contribution >= 0.6 is 0 Å². The average molecular weight is 545 g/mol. The number of nitriles is 1. The summed E-state index contributed by atoms with van der Waals surface area (Å²) < 4.78 is 14.0. The Morgan fingerprint density at radius 2 is 2.02 bits per heavy atom. The highest BCUT2D eigenvalue weighted by molar-refractivity contribution is 5.67. The molecule has 40 heavy (non-hydrogen) atoms. The van der Waals surface area contributed by atoms with Crippen LogP contribution < -0.4 is 20.5 Å². The Bertz CT molecular complexity index is 1350. The molecule has 5 rings (SSSR count). The number of anilines is 2. The molecule has 2 aliphatic rings. The molecule has 4 N–H and O–H groups in total. The van der Waals surface area contributed by atoms with E-state index in [0.717, 1.165) is 36.8 Å². The summed E-state index contributed by atoms with van der Waals surface area (Å²) in [5.74, 6) is 1.37. The van der Waals surface area contributed by atoms with Gasteiger partial charge in [-0.3, -0.25) is 9.67 Å². The number of nitrogens with one attached hydrogen (secondary N) is 1. The number of rotatable bonds is 12. The van der Waals surface area contributed by atoms with Crippen LogP contribution in [0.1, 0.15) is 69.9 Å². The highest BCUT2D eigenvalue weighted by atomic mass is 16.5. The molecule has 0 aliphatic heterocycles. The SMILES string of the molecule is CC(CN=CN)Oc1cc(-c2cnc(Nc3cn(C4CCCCC4)nc3OCCC3(O)CC3)nc2)ccc1C#N. The zero-order valence-corrected chi connectivity index (χ0v) is 22.8. The zero-order chi connectivity index (χ0) is 28.0. The van der Waals surface area contributed by atoms with Gasteiger partial charge >= 0.3 is 0 Å². The van der Waals surface area contributed by atoms with Crippen LogP contribution in [0.5, 0.6) is 11.6 Å². The lowest BCUT2D eigenvalue weighted by Crippen LogP contribution is -2.16. The quantitative estimate of drug-likeness (QED) is 0.220. The highest BCUT2D eigenvalue weighted by Crippen LogP contribution is 2.39. The van der Waals surface area contributed by atoms with Crippen LogP contribution in [0.2, 0.25) is 0 Å². The molecule has 1 aromatic carbocycles. The van der Waals surface area contributed by atoms with E-state index >= 15 is 0 Å². The van der Waals surface area contributed by atoms with Crippen molar-refractivity contribution in [3.05, 3.63) is 42.4 Å². The normalized spacial score (nSPS) is 17.3. The first-order valence-corrected chi connectivity index (χ1v) is 13.9. The van der Waals surface area contributed by atoms with Gasteiger partial charge in [-0.25, -0.2) is 9.97 Å². The number of nitrogens with two attached hydrogens (primary N) is 1. The van der Waals surface area contributed by atoms with Crippen LogP contribution in [0.25, 0.3) is 11.1 Å². The third-order valence-electron chi connectivity index (χ3n) is 7.41. The van der Waals surface area contributed by atoms with Crippen LogP contribution in [0.4, 0.5) is 11.6 Å². The molecule has 0 spiro atoms. The minimum absolute atomic E-state index is 0.247. The van der Waals surface area contributed by atoms with Crippen molar-refractivity contribution in [3.63, 3.8) is 0 Å². The fraction of sp³-hybridized carbons (Fsp3) is 0.483. The maximum absolute atomic E-state index is 10.2. The molecule has 2 aromatic heterocycles. The van der Waals surface area contributed by atoms with Crippen molar-refractivity contribution in [2.24, 2.45) is 10.7 Å². The first-order chi connectivity index (χ1) is 19.5. The fourth-order valence-electron chi connectivity index (χ4n) is 4.85. The molecule has 2 fully saturated rings. The third-order valence-corrected chi connectivity index (χ3v) is 7.41. The van der Waals surface area contributed by atoms with Crippen LogP contribution in [-0.2, 0) is 0 Å². The number of ether oxygens (including phenoxy) is 2. The fourth-order valence-corrected chi connectivity index (χ4v) is 4.85. The molecular weight excluding hydrogens is 508 g/mol. The van der Waals surface area contributed by atoms with Crippen molar-refractivity contribution in [1.82, 2.24) is 19.7 Å². The number of nitrogens with zero attached hydrogens (tertiary/aromatic N) is 6. The summed E-state index contributed by atoms with van der Waals surface area (Å²) in [4.78, 5) is 13.0. The van der Waals surface area contributed by atoms with Crippen LogP contribution in [0.3, 0.4) is 0 Å². The van der Waals surface area contributed by atoms with Gasteiger partial charge in [-0.2, -0.15) is 5.26 Å². The largest absolute Gasteiger partial charge is 0.487 e. The standard InChI is InChI=1S/C29H36N8O3/c1-20(15-32-19-31)40-26-13-21(7-8-22(26)14-30)23-16-33-28(34-17-23)35-25-18-37(24-5-3-2-4-6-24)36-27(25)39-12-11-29(38)9-10-29/h7-8,13,16-20,24,38H,2-6,9-12,15H2,1H3,(H2,31,32)(H,33,34,35). The molecule has 11 heteroatoms. The van der Waals surface area contributed by atoms with E-state index in [-0.39, 0.29) is 6.10 Å². The van der Waals surface area contributed by atoms with Gasteiger partial charge < -0.3 is 25.6 Å². The van der Waals surface area contributed by atoms with E-state index in [1.54, 1.807) is 24.5 Å². The third kappa shape index (κ3) is 6.87. The molecule has 1 atom stereocenters. The topological polar surface area (TPSA) is 156 Å². The molecule has 2 heterocycles. The molecular formula is C29H36N8O3. The van der Waals surface area contributed by atoms with Crippen molar-refractivity contribution >= 4 is 18.0 Å². The first kappa shape index (κ1) is 27.4. The molecule has 2 aliphatic carbocycles. The predicted octanol–water partition coefficient (Wildman–Crippen LogP) is 4.51. The van der Waals surface area contributed by atoms with Crippen LogP contribution in [0, 0.1) is 11.3 Å². The molecule has 210 valence electrons. The van der Waals surface area contributed by atoms with Crippen molar-refractivity contribution in [2.45, 2.75) is 76.0 Å². The van der Waals surface area contributed by atoms with Gasteiger partial charge in [0.15, 0.2) is 0 Å². The molecule has 2 saturated carbocycles. The monoisotopic (exact) mass is 544 g/mol. The van der Waals surface area contributed by atoms with Crippen LogP contribution in [0.15, 0.2) is 41.8 Å². The Labute approximate surface area is 234 Å². The van der Waals surface area contributed by atoms with Crippen molar-refractivity contribution in [3.8, 4) is 28.8 Å². The van der Waals surface area contributed by atoms with Crippen LogP contribution in [-0.4, -0.2) is 56.1 Å². The molecule has 0 bridgehead atoms. The lowest BCUT2D eigenvalue weighted by Gasteiger charge is -2.21. The molecule has 0 saturated heterocycles. The second-order valence-electron chi connectivity index (χ2n) is 10.6. The van der Waals surface area contributed by atoms with Gasteiger partial charge in [0.25, 0.3) is 5.88 Å². The summed E-state index contributed by atoms with van der Waals surface area (Å²) in [6, 6.07) is 7.88. The summed E-state index contributed by atoms with van der Waals surface area (Å²) >= 11 is 0. The number of aliphatic imine (C=N–C) groups is 1. The molecule has 3 aromatic rings. The van der Waals surface area contributed by atoms with E-state index in [2.05, 4.69) is 26.3 Å². The summed E-state index contributed by atoms with van der Waals surface area (Å²) in [5, 5.41) is 27.7. The molecule has 0 amide bonds. The van der Waals surface area contributed by atoms with Gasteiger partial charge in [-0.05, 0) is 50.3 Å². The summed E-state index contributed by atoms with van der Waals surface area (Å²) in [7, 11) is 0. The van der Waals surface area contributed by atoms with Crippen molar-refractivity contribution < 1.29 is 14.6 Å². The maximum atomic E-state index is 10.2. The number of aliphatic hydroxyl groups is 1. The van der Waals surface area contributed by atoms with E-state index in [0.29, 0.717) is 54.4 Å². The Hall–Kier alpha value is -4.17. The second kappa shape index (κ2) is 12.3. The minimum atomic E-state index is -0.578. The zero-order valence-electron chi connectivity index (χ0n) is 22.8. The van der Waals surface area contributed by atoms with Gasteiger partial charge in [-0.15, -0.1) is 5.10 Å². The first-order valence-electron chi connectivity index (χ1n) is 13.9. The number of hydrogen-bond acceptors (Lipinski definition) is 9. The molecule has 0 radical (unpaired) electrons. The molecule has 11 nitrogen and oxygen atoms in total. The van der Waals surface area contributed by atoms with E-state index < -0.39 is 5.60 Å². The van der Waals surface area contributed by atoms with Crippen molar-refractivity contribution in [2.75, 3.05) is 18.5 Å². The van der Waals surface area contributed by atoms with Gasteiger partial charge in [0.05, 0.1) is 42.9 Å². The van der Waals surface area contributed by atoms with E-state index in [1.165, 1.54) is 25.6 Å². The summed E-state index contributed by atoms with van der Waals surface area (Å²) in [6.45, 7) is 2.65. The summed E-state index contributed by atoms with van der Waals surface area (Å²) in [5.41, 5.74) is 7.48. The molecule has 1 unspecified atom stereocenters. The second-order valence-corrected chi connectivity index (χ2v) is 10.6.